The minimum absolute atomic E-state index is 0.0425. The first-order chi connectivity index (χ1) is 11.2. The molecule has 0 saturated carbocycles. The van der Waals surface area contributed by atoms with E-state index in [2.05, 4.69) is 53.2 Å². The molecule has 2 saturated heterocycles. The van der Waals surface area contributed by atoms with E-state index in [1.165, 1.54) is 18.5 Å². The number of benzene rings is 1. The van der Waals surface area contributed by atoms with E-state index in [9.17, 15) is 0 Å². The van der Waals surface area contributed by atoms with Crippen LogP contribution in [0.5, 0.6) is 5.75 Å². The van der Waals surface area contributed by atoms with E-state index in [4.69, 9.17) is 9.73 Å². The number of rotatable bonds is 2. The van der Waals surface area contributed by atoms with Crippen molar-refractivity contribution in [1.29, 1.82) is 0 Å². The van der Waals surface area contributed by atoms with Gasteiger partial charge in [-0.25, -0.2) is 4.99 Å². The van der Waals surface area contributed by atoms with Gasteiger partial charge >= 0.3 is 0 Å². The number of likely N-dealkylation sites (tertiary alicyclic amines) is 1. The number of nitrogens with zero attached hydrogens (tertiary/aromatic N) is 3. The highest BCUT2D eigenvalue weighted by Gasteiger charge is 2.36. The van der Waals surface area contributed by atoms with Crippen molar-refractivity contribution in [2.45, 2.75) is 25.3 Å². The van der Waals surface area contributed by atoms with Crippen LogP contribution in [0.4, 0.5) is 11.4 Å². The van der Waals surface area contributed by atoms with Crippen molar-refractivity contribution in [3.05, 3.63) is 42.2 Å². The molecule has 5 rings (SSSR count). The predicted molar refractivity (Wildman–Crippen MR) is 92.8 cm³/mol. The Bertz CT molecular complexity index is 756. The molecule has 0 amide bonds. The third kappa shape index (κ3) is 2.05. The maximum atomic E-state index is 6.24. The Morgan fingerprint density at radius 3 is 2.65 bits per heavy atom. The summed E-state index contributed by atoms with van der Waals surface area (Å²) < 4.78 is 6.24. The van der Waals surface area contributed by atoms with Gasteiger partial charge in [0, 0.05) is 37.9 Å². The van der Waals surface area contributed by atoms with Gasteiger partial charge < -0.3 is 9.64 Å². The van der Waals surface area contributed by atoms with E-state index in [0.717, 1.165) is 49.1 Å². The molecule has 3 aliphatic heterocycles. The normalized spacial score (nSPS) is 28.7. The van der Waals surface area contributed by atoms with Gasteiger partial charge in [0.25, 0.3) is 0 Å². The fourth-order valence-electron chi connectivity index (χ4n) is 3.58. The summed E-state index contributed by atoms with van der Waals surface area (Å²) in [5.74, 6) is 1.78. The molecule has 0 aromatic heterocycles. The number of hydrogen-bond donors (Lipinski definition) is 0. The van der Waals surface area contributed by atoms with Crippen LogP contribution in [0.3, 0.4) is 0 Å². The molecule has 4 heteroatoms. The molecule has 3 heterocycles. The first-order valence-electron chi connectivity index (χ1n) is 8.54. The molecule has 118 valence electrons. The second kappa shape index (κ2) is 4.71. The lowest BCUT2D eigenvalue weighted by atomic mass is 9.89. The zero-order valence-electron chi connectivity index (χ0n) is 13.5. The molecule has 4 nitrogen and oxygen atoms in total. The summed E-state index contributed by atoms with van der Waals surface area (Å²) in [6.07, 6.45) is 9.16. The molecule has 0 bridgehead atoms. The van der Waals surface area contributed by atoms with E-state index >= 15 is 0 Å². The van der Waals surface area contributed by atoms with Gasteiger partial charge in [-0.2, -0.15) is 0 Å². The van der Waals surface area contributed by atoms with Crippen molar-refractivity contribution < 1.29 is 4.74 Å². The van der Waals surface area contributed by atoms with Gasteiger partial charge in [-0.1, -0.05) is 6.08 Å². The van der Waals surface area contributed by atoms with Crippen LogP contribution in [-0.2, 0) is 0 Å². The first-order valence-corrected chi connectivity index (χ1v) is 8.54. The zero-order valence-corrected chi connectivity index (χ0v) is 13.5. The van der Waals surface area contributed by atoms with Crippen LogP contribution in [0.25, 0.3) is 0 Å². The minimum atomic E-state index is -0.0425. The Morgan fingerprint density at radius 1 is 1.13 bits per heavy atom. The summed E-state index contributed by atoms with van der Waals surface area (Å²) in [5, 5.41) is 0. The molecule has 2 fully saturated rings. The van der Waals surface area contributed by atoms with E-state index < -0.39 is 0 Å². The molecule has 23 heavy (non-hydrogen) atoms. The van der Waals surface area contributed by atoms with Crippen molar-refractivity contribution in [2.24, 2.45) is 4.99 Å². The molecule has 1 atom stereocenters. The Balaban J connectivity index is 1.50. The van der Waals surface area contributed by atoms with Crippen LogP contribution in [0.2, 0.25) is 0 Å². The van der Waals surface area contributed by atoms with Crippen LogP contribution in [0.15, 0.2) is 47.2 Å². The van der Waals surface area contributed by atoms with E-state index in [0.29, 0.717) is 0 Å². The first kappa shape index (κ1) is 13.4. The summed E-state index contributed by atoms with van der Waals surface area (Å²) in [6.45, 7) is 6.86. The van der Waals surface area contributed by atoms with Gasteiger partial charge in [0.2, 0.25) is 0 Å². The molecule has 0 spiro atoms. The SMILES string of the molecule is CC1(N2CCC2)C=CC2=Nc3ccc(N4CCC4)cc3OC2=C1. The number of ether oxygens (including phenoxy) is 1. The van der Waals surface area contributed by atoms with Crippen molar-refractivity contribution in [2.75, 3.05) is 31.1 Å². The van der Waals surface area contributed by atoms with Crippen LogP contribution in [0, 0.1) is 0 Å². The summed E-state index contributed by atoms with van der Waals surface area (Å²) in [4.78, 5) is 9.63. The largest absolute Gasteiger partial charge is 0.453 e. The van der Waals surface area contributed by atoms with Gasteiger partial charge in [-0.15, -0.1) is 0 Å². The van der Waals surface area contributed by atoms with Crippen LogP contribution in [0.1, 0.15) is 19.8 Å². The van der Waals surface area contributed by atoms with E-state index in [-0.39, 0.29) is 5.54 Å². The lowest BCUT2D eigenvalue weighted by Crippen LogP contribution is -2.52. The highest BCUT2D eigenvalue weighted by molar-refractivity contribution is 6.11. The average molecular weight is 307 g/mol. The lowest BCUT2D eigenvalue weighted by molar-refractivity contribution is 0.106. The van der Waals surface area contributed by atoms with Crippen molar-refractivity contribution in [3.8, 4) is 5.75 Å². The lowest BCUT2D eigenvalue weighted by Gasteiger charge is -2.45. The van der Waals surface area contributed by atoms with Gasteiger partial charge in [0.1, 0.15) is 11.4 Å². The smallest absolute Gasteiger partial charge is 0.155 e. The monoisotopic (exact) mass is 307 g/mol. The summed E-state index contributed by atoms with van der Waals surface area (Å²) >= 11 is 0. The summed E-state index contributed by atoms with van der Waals surface area (Å²) in [7, 11) is 0. The average Bonchev–Trinajstić information content (AvgIpc) is 2.41. The maximum Gasteiger partial charge on any atom is 0.155 e. The Hall–Kier alpha value is -2.07. The quantitative estimate of drug-likeness (QED) is 0.839. The fraction of sp³-hybridized carbons (Fsp3) is 0.421. The second-order valence-corrected chi connectivity index (χ2v) is 7.00. The van der Waals surface area contributed by atoms with Gasteiger partial charge in [0.05, 0.1) is 5.54 Å². The second-order valence-electron chi connectivity index (χ2n) is 7.00. The highest BCUT2D eigenvalue weighted by atomic mass is 16.5. The molecular weight excluding hydrogens is 286 g/mol. The van der Waals surface area contributed by atoms with E-state index in [1.807, 2.05) is 0 Å². The highest BCUT2D eigenvalue weighted by Crippen LogP contribution is 2.40. The molecule has 0 N–H and O–H groups in total. The molecule has 1 aliphatic carbocycles. The van der Waals surface area contributed by atoms with Crippen molar-refractivity contribution in [3.63, 3.8) is 0 Å². The Morgan fingerprint density at radius 2 is 1.96 bits per heavy atom. The molecule has 1 unspecified atom stereocenters. The predicted octanol–water partition coefficient (Wildman–Crippen LogP) is 3.28. The van der Waals surface area contributed by atoms with Gasteiger partial charge in [-0.3, -0.25) is 4.90 Å². The number of hydrogen-bond acceptors (Lipinski definition) is 4. The van der Waals surface area contributed by atoms with Crippen molar-refractivity contribution >= 4 is 17.1 Å². The minimum Gasteiger partial charge on any atom is -0.453 e. The molecule has 4 aliphatic rings. The van der Waals surface area contributed by atoms with Gasteiger partial charge in [0.15, 0.2) is 11.5 Å². The van der Waals surface area contributed by atoms with Crippen molar-refractivity contribution in [1.82, 2.24) is 4.90 Å². The Kier molecular flexibility index (Phi) is 2.74. The standard InChI is InChI=1S/C19H21N3O/c1-19(22-10-3-11-22)7-6-16-18(13-19)23-17-12-14(21-8-2-9-21)4-5-15(17)20-16/h4-7,12-13H,2-3,8-11H2,1H3. The number of fused-ring (bicyclic) bond motifs is 2. The van der Waals surface area contributed by atoms with E-state index in [1.54, 1.807) is 0 Å². The number of allylic oxidation sites excluding steroid dienone is 1. The molecule has 1 aromatic carbocycles. The van der Waals surface area contributed by atoms with Gasteiger partial charge in [-0.05, 0) is 44.1 Å². The molecular formula is C19H21N3O. The summed E-state index contributed by atoms with van der Waals surface area (Å²) in [5.41, 5.74) is 3.07. The zero-order chi connectivity index (χ0) is 15.4. The van der Waals surface area contributed by atoms with Crippen LogP contribution < -0.4 is 9.64 Å². The number of anilines is 1. The van der Waals surface area contributed by atoms with Crippen LogP contribution in [-0.4, -0.2) is 42.3 Å². The molecule has 1 aromatic rings. The topological polar surface area (TPSA) is 28.1 Å². The molecule has 0 radical (unpaired) electrons. The summed E-state index contributed by atoms with van der Waals surface area (Å²) in [6, 6.07) is 6.36. The Labute approximate surface area is 136 Å². The third-order valence-electron chi connectivity index (χ3n) is 5.42. The van der Waals surface area contributed by atoms with Crippen LogP contribution >= 0.6 is 0 Å². The maximum absolute atomic E-state index is 6.24. The number of aliphatic imine (C=N–C) groups is 1. The third-order valence-corrected chi connectivity index (χ3v) is 5.42. The fourth-order valence-corrected chi connectivity index (χ4v) is 3.58.